The largest absolute Gasteiger partial charge is 0.0837 e. The number of fused-ring (bicyclic) bond motifs is 2. The lowest BCUT2D eigenvalue weighted by Crippen LogP contribution is -1.97. The summed E-state index contributed by atoms with van der Waals surface area (Å²) in [5, 5.41) is 3.35. The number of hydrogen-bond acceptors (Lipinski definition) is 0. The fourth-order valence-electron chi connectivity index (χ4n) is 4.22. The molecule has 0 bridgehead atoms. The molecule has 2 fully saturated rings. The van der Waals surface area contributed by atoms with Gasteiger partial charge in [0.1, 0.15) is 0 Å². The summed E-state index contributed by atoms with van der Waals surface area (Å²) in [6.07, 6.45) is 5.73. The number of hydrogen-bond donors (Lipinski definition) is 0. The summed E-state index contributed by atoms with van der Waals surface area (Å²) >= 11 is 10.3. The van der Waals surface area contributed by atoms with Gasteiger partial charge in [0, 0.05) is 15.2 Å². The van der Waals surface area contributed by atoms with E-state index in [0.29, 0.717) is 4.83 Å². The van der Waals surface area contributed by atoms with Gasteiger partial charge in [0.2, 0.25) is 0 Å². The van der Waals surface area contributed by atoms with E-state index in [1.165, 1.54) is 42.0 Å². The summed E-state index contributed by atoms with van der Waals surface area (Å²) < 4.78 is 0. The second-order valence-electron chi connectivity index (χ2n) is 6.27. The highest BCUT2D eigenvalue weighted by atomic mass is 79.9. The minimum atomic E-state index is 0.484. The van der Waals surface area contributed by atoms with Gasteiger partial charge in [0.25, 0.3) is 0 Å². The maximum absolute atomic E-state index is 6.34. The van der Waals surface area contributed by atoms with Crippen LogP contribution in [0.3, 0.4) is 0 Å². The van der Waals surface area contributed by atoms with E-state index in [2.05, 4.69) is 52.3 Å². The van der Waals surface area contributed by atoms with Crippen molar-refractivity contribution in [1.82, 2.24) is 0 Å². The van der Waals surface area contributed by atoms with Gasteiger partial charge in [-0.05, 0) is 47.6 Å². The molecule has 104 valence electrons. The summed E-state index contributed by atoms with van der Waals surface area (Å²) in [4.78, 5) is 0.484. The number of benzene rings is 2. The third-order valence-electron chi connectivity index (χ3n) is 5.26. The van der Waals surface area contributed by atoms with Crippen molar-refractivity contribution in [1.29, 1.82) is 0 Å². The fraction of sp³-hybridized carbons (Fsp3) is 0.444. The summed E-state index contributed by atoms with van der Waals surface area (Å²) in [7, 11) is 0. The van der Waals surface area contributed by atoms with Crippen LogP contribution in [0.5, 0.6) is 0 Å². The van der Waals surface area contributed by atoms with Crippen molar-refractivity contribution in [2.24, 2.45) is 17.8 Å². The predicted molar refractivity (Wildman–Crippen MR) is 89.6 cm³/mol. The molecule has 0 saturated heterocycles. The van der Waals surface area contributed by atoms with Crippen LogP contribution in [0.1, 0.15) is 36.1 Å². The van der Waals surface area contributed by atoms with Crippen LogP contribution in [0.25, 0.3) is 10.8 Å². The lowest BCUT2D eigenvalue weighted by atomic mass is 9.99. The van der Waals surface area contributed by atoms with Gasteiger partial charge >= 0.3 is 0 Å². The molecule has 2 aliphatic rings. The van der Waals surface area contributed by atoms with Gasteiger partial charge in [0.05, 0.1) is 0 Å². The summed E-state index contributed by atoms with van der Waals surface area (Å²) in [6, 6.07) is 12.8. The van der Waals surface area contributed by atoms with E-state index >= 15 is 0 Å². The van der Waals surface area contributed by atoms with Gasteiger partial charge < -0.3 is 0 Å². The van der Waals surface area contributed by atoms with Crippen molar-refractivity contribution in [3.8, 4) is 0 Å². The van der Waals surface area contributed by atoms with Crippen LogP contribution in [0.2, 0.25) is 5.02 Å². The first kappa shape index (κ1) is 13.2. The molecule has 2 aliphatic carbocycles. The minimum Gasteiger partial charge on any atom is -0.0837 e. The molecule has 2 saturated carbocycles. The highest BCUT2D eigenvalue weighted by Gasteiger charge is 2.53. The van der Waals surface area contributed by atoms with Crippen molar-refractivity contribution in [2.45, 2.75) is 30.5 Å². The fourth-order valence-corrected chi connectivity index (χ4v) is 5.63. The molecule has 0 N–H and O–H groups in total. The molecular weight excluding hydrogens is 332 g/mol. The van der Waals surface area contributed by atoms with E-state index in [1.807, 2.05) is 0 Å². The SMILES string of the molecule is Clc1ccc(C(Br)C2C3CCCCC32)c2ccccc12. The lowest BCUT2D eigenvalue weighted by Gasteiger charge is -2.14. The van der Waals surface area contributed by atoms with E-state index in [4.69, 9.17) is 11.6 Å². The third-order valence-corrected chi connectivity index (χ3v) is 6.70. The molecule has 0 aliphatic heterocycles. The van der Waals surface area contributed by atoms with Crippen molar-refractivity contribution in [3.05, 3.63) is 47.0 Å². The zero-order chi connectivity index (χ0) is 13.7. The van der Waals surface area contributed by atoms with E-state index in [0.717, 1.165) is 22.8 Å². The molecule has 20 heavy (non-hydrogen) atoms. The Morgan fingerprint density at radius 3 is 2.30 bits per heavy atom. The molecule has 0 heterocycles. The van der Waals surface area contributed by atoms with Gasteiger partial charge in [-0.2, -0.15) is 0 Å². The molecule has 2 heteroatoms. The first-order valence-corrected chi connectivity index (χ1v) is 8.88. The van der Waals surface area contributed by atoms with Crippen LogP contribution < -0.4 is 0 Å². The summed E-state index contributed by atoms with van der Waals surface area (Å²) in [6.45, 7) is 0. The predicted octanol–water partition coefficient (Wildman–Crippen LogP) is 6.37. The Morgan fingerprint density at radius 1 is 0.950 bits per heavy atom. The Bertz CT molecular complexity index is 639. The van der Waals surface area contributed by atoms with E-state index in [-0.39, 0.29) is 0 Å². The average Bonchev–Trinajstić information content (AvgIpc) is 3.22. The van der Waals surface area contributed by atoms with E-state index in [1.54, 1.807) is 0 Å². The normalized spacial score (nSPS) is 30.0. The molecule has 2 aromatic carbocycles. The number of alkyl halides is 1. The molecule has 0 amide bonds. The highest BCUT2D eigenvalue weighted by molar-refractivity contribution is 9.09. The Balaban J connectivity index is 1.73. The molecule has 0 nitrogen and oxygen atoms in total. The number of halogens is 2. The Kier molecular flexibility index (Phi) is 3.31. The zero-order valence-electron chi connectivity index (χ0n) is 11.4. The Morgan fingerprint density at radius 2 is 1.60 bits per heavy atom. The molecular formula is C18H18BrCl. The second-order valence-corrected chi connectivity index (χ2v) is 7.67. The zero-order valence-corrected chi connectivity index (χ0v) is 13.7. The monoisotopic (exact) mass is 348 g/mol. The van der Waals surface area contributed by atoms with Crippen LogP contribution in [-0.2, 0) is 0 Å². The lowest BCUT2D eigenvalue weighted by molar-refractivity contribution is 0.480. The van der Waals surface area contributed by atoms with Crippen molar-refractivity contribution < 1.29 is 0 Å². The van der Waals surface area contributed by atoms with Crippen LogP contribution in [0, 0.1) is 17.8 Å². The molecule has 3 atom stereocenters. The maximum Gasteiger partial charge on any atom is 0.0484 e. The summed E-state index contributed by atoms with van der Waals surface area (Å²) in [5.41, 5.74) is 1.42. The highest BCUT2D eigenvalue weighted by Crippen LogP contribution is 2.63. The van der Waals surface area contributed by atoms with Gasteiger partial charge in [0.15, 0.2) is 0 Å². The summed E-state index contributed by atoms with van der Waals surface area (Å²) in [5.74, 6) is 2.76. The van der Waals surface area contributed by atoms with Crippen LogP contribution >= 0.6 is 27.5 Å². The van der Waals surface area contributed by atoms with Crippen molar-refractivity contribution >= 4 is 38.3 Å². The van der Waals surface area contributed by atoms with E-state index in [9.17, 15) is 0 Å². The third kappa shape index (κ3) is 2.02. The minimum absolute atomic E-state index is 0.484. The second kappa shape index (κ2) is 5.03. The molecule has 4 rings (SSSR count). The smallest absolute Gasteiger partial charge is 0.0484 e. The van der Waals surface area contributed by atoms with Crippen LogP contribution in [0.15, 0.2) is 36.4 Å². The topological polar surface area (TPSA) is 0 Å². The molecule has 0 aromatic heterocycles. The number of rotatable bonds is 2. The molecule has 0 spiro atoms. The van der Waals surface area contributed by atoms with Crippen LogP contribution in [-0.4, -0.2) is 0 Å². The van der Waals surface area contributed by atoms with Crippen molar-refractivity contribution in [2.75, 3.05) is 0 Å². The van der Waals surface area contributed by atoms with Gasteiger partial charge in [-0.3, -0.25) is 0 Å². The van der Waals surface area contributed by atoms with Crippen LogP contribution in [0.4, 0.5) is 0 Å². The standard InChI is InChI=1S/C18H18BrCl/c19-18(17-13-7-3-4-8-14(13)17)15-9-10-16(20)12-6-2-1-5-11(12)15/h1-2,5-6,9-10,13-14,17-18H,3-4,7-8H2. The Hall–Kier alpha value is -0.530. The average molecular weight is 350 g/mol. The molecule has 0 radical (unpaired) electrons. The van der Waals surface area contributed by atoms with Gasteiger partial charge in [-0.1, -0.05) is 70.7 Å². The molecule has 2 aromatic rings. The first-order chi connectivity index (χ1) is 9.77. The van der Waals surface area contributed by atoms with E-state index < -0.39 is 0 Å². The van der Waals surface area contributed by atoms with Gasteiger partial charge in [-0.25, -0.2) is 0 Å². The molecule has 3 unspecified atom stereocenters. The quantitative estimate of drug-likeness (QED) is 0.553. The maximum atomic E-state index is 6.34. The Labute approximate surface area is 133 Å². The van der Waals surface area contributed by atoms with Gasteiger partial charge in [-0.15, -0.1) is 0 Å². The first-order valence-electron chi connectivity index (χ1n) is 7.58. The van der Waals surface area contributed by atoms with Crippen molar-refractivity contribution in [3.63, 3.8) is 0 Å².